The molecule has 0 atom stereocenters. The molecule has 2 aromatic carbocycles. The van der Waals surface area contributed by atoms with E-state index in [9.17, 15) is 4.39 Å². The second-order valence-corrected chi connectivity index (χ2v) is 8.29. The Kier molecular flexibility index (Phi) is 5.00. The first-order valence-electron chi connectivity index (χ1n) is 7.44. The van der Waals surface area contributed by atoms with Crippen LogP contribution < -0.4 is 0 Å². The van der Waals surface area contributed by atoms with Gasteiger partial charge in [0.15, 0.2) is 4.34 Å². The number of rotatable bonds is 6. The van der Waals surface area contributed by atoms with Gasteiger partial charge < -0.3 is 4.42 Å². The Balaban J connectivity index is 1.33. The number of halogens is 1. The van der Waals surface area contributed by atoms with Crippen LogP contribution in [0.4, 0.5) is 4.39 Å². The van der Waals surface area contributed by atoms with E-state index in [0.29, 0.717) is 22.6 Å². The summed E-state index contributed by atoms with van der Waals surface area (Å²) in [5.41, 5.74) is 2.02. The van der Waals surface area contributed by atoms with Gasteiger partial charge in [-0.2, -0.15) is 0 Å². The topological polar surface area (TPSA) is 51.8 Å². The van der Waals surface area contributed by atoms with Gasteiger partial charge in [-0.3, -0.25) is 0 Å². The molecule has 8 heteroatoms. The van der Waals surface area contributed by atoms with E-state index in [4.69, 9.17) is 4.42 Å². The zero-order valence-electron chi connectivity index (χ0n) is 12.9. The minimum absolute atomic E-state index is 0.235. The minimum Gasteiger partial charge on any atom is -0.415 e. The van der Waals surface area contributed by atoms with E-state index in [1.54, 1.807) is 35.2 Å². The Morgan fingerprint density at radius 2 is 1.80 bits per heavy atom. The van der Waals surface area contributed by atoms with Gasteiger partial charge in [0.1, 0.15) is 5.82 Å². The van der Waals surface area contributed by atoms with Crippen molar-refractivity contribution in [2.45, 2.75) is 21.1 Å². The lowest BCUT2D eigenvalue weighted by Gasteiger charge is -1.97. The molecular formula is C17H12FN3OS3. The Hall–Kier alpha value is -1.90. The van der Waals surface area contributed by atoms with Crippen molar-refractivity contribution in [3.63, 3.8) is 0 Å². The zero-order valence-corrected chi connectivity index (χ0v) is 15.3. The number of nitrogens with zero attached hydrogens (tertiary/aromatic N) is 3. The van der Waals surface area contributed by atoms with Crippen molar-refractivity contribution in [2.75, 3.05) is 0 Å². The Morgan fingerprint density at radius 1 is 0.960 bits per heavy atom. The molecule has 4 aromatic rings. The Bertz CT molecular complexity index is 951. The fourth-order valence-corrected chi connectivity index (χ4v) is 4.76. The van der Waals surface area contributed by atoms with E-state index in [1.807, 2.05) is 18.2 Å². The second kappa shape index (κ2) is 7.55. The first-order chi connectivity index (χ1) is 12.3. The molecule has 4 rings (SSSR count). The van der Waals surface area contributed by atoms with Crippen LogP contribution in [0.3, 0.4) is 0 Å². The van der Waals surface area contributed by atoms with Gasteiger partial charge in [-0.05, 0) is 29.8 Å². The van der Waals surface area contributed by atoms with E-state index in [2.05, 4.69) is 21.2 Å². The maximum absolute atomic E-state index is 12.9. The van der Waals surface area contributed by atoms with Gasteiger partial charge in [-0.15, -0.1) is 21.5 Å². The van der Waals surface area contributed by atoms with Gasteiger partial charge >= 0.3 is 0 Å². The van der Waals surface area contributed by atoms with Crippen molar-refractivity contribution in [1.29, 1.82) is 0 Å². The van der Waals surface area contributed by atoms with Crippen LogP contribution >= 0.6 is 34.9 Å². The highest BCUT2D eigenvalue weighted by Gasteiger charge is 2.10. The summed E-state index contributed by atoms with van der Waals surface area (Å²) in [5.74, 6) is 1.59. The summed E-state index contributed by atoms with van der Waals surface area (Å²) in [5, 5.41) is 8.63. The van der Waals surface area contributed by atoms with Crippen LogP contribution in [-0.4, -0.2) is 15.2 Å². The third kappa shape index (κ3) is 4.20. The lowest BCUT2D eigenvalue weighted by molar-refractivity contribution is 0.426. The van der Waals surface area contributed by atoms with Gasteiger partial charge in [-0.1, -0.05) is 47.8 Å². The molecule has 0 N–H and O–H groups in total. The molecule has 126 valence electrons. The molecule has 25 heavy (non-hydrogen) atoms. The molecule has 0 saturated carbocycles. The molecule has 2 heterocycles. The van der Waals surface area contributed by atoms with Crippen LogP contribution in [0.25, 0.3) is 10.2 Å². The zero-order chi connectivity index (χ0) is 17.1. The normalized spacial score (nSPS) is 11.2. The lowest BCUT2D eigenvalue weighted by Crippen LogP contribution is -1.81. The summed E-state index contributed by atoms with van der Waals surface area (Å²) in [6.45, 7) is 0. The van der Waals surface area contributed by atoms with Crippen LogP contribution in [-0.2, 0) is 11.5 Å². The van der Waals surface area contributed by atoms with Gasteiger partial charge in [0.25, 0.3) is 5.22 Å². The molecule has 0 unspecified atom stereocenters. The van der Waals surface area contributed by atoms with Crippen molar-refractivity contribution >= 4 is 45.1 Å². The molecule has 0 saturated heterocycles. The van der Waals surface area contributed by atoms with Crippen molar-refractivity contribution in [3.8, 4) is 0 Å². The summed E-state index contributed by atoms with van der Waals surface area (Å²) in [6.07, 6.45) is 0. The second-order valence-electron chi connectivity index (χ2n) is 5.11. The Labute approximate surface area is 155 Å². The van der Waals surface area contributed by atoms with Crippen LogP contribution in [0, 0.1) is 5.82 Å². The molecule has 4 nitrogen and oxygen atoms in total. The largest absolute Gasteiger partial charge is 0.415 e. The molecule has 0 radical (unpaired) electrons. The summed E-state index contributed by atoms with van der Waals surface area (Å²) in [6, 6.07) is 14.5. The van der Waals surface area contributed by atoms with Crippen molar-refractivity contribution < 1.29 is 8.81 Å². The molecule has 2 aromatic heterocycles. The van der Waals surface area contributed by atoms with E-state index in [-0.39, 0.29) is 5.82 Å². The van der Waals surface area contributed by atoms with Gasteiger partial charge in [0.05, 0.1) is 16.0 Å². The average Bonchev–Trinajstić information content (AvgIpc) is 3.25. The highest BCUT2D eigenvalue weighted by molar-refractivity contribution is 8.00. The quantitative estimate of drug-likeness (QED) is 0.411. The van der Waals surface area contributed by atoms with E-state index >= 15 is 0 Å². The number of aromatic nitrogens is 3. The first-order valence-corrected chi connectivity index (χ1v) is 10.2. The molecule has 0 aliphatic rings. The molecule has 0 aliphatic heterocycles. The molecular weight excluding hydrogens is 377 g/mol. The number of thiazole rings is 1. The highest BCUT2D eigenvalue weighted by Crippen LogP contribution is 2.31. The van der Waals surface area contributed by atoms with Gasteiger partial charge in [0.2, 0.25) is 5.89 Å². The summed E-state index contributed by atoms with van der Waals surface area (Å²) in [7, 11) is 0. The predicted molar refractivity (Wildman–Crippen MR) is 99.4 cm³/mol. The van der Waals surface area contributed by atoms with Crippen molar-refractivity contribution in [1.82, 2.24) is 15.2 Å². The predicted octanol–water partition coefficient (Wildman–Crippen LogP) is 5.40. The van der Waals surface area contributed by atoms with Crippen molar-refractivity contribution in [3.05, 3.63) is 65.8 Å². The van der Waals surface area contributed by atoms with Crippen LogP contribution in [0.1, 0.15) is 11.5 Å². The van der Waals surface area contributed by atoms with Crippen LogP contribution in [0.15, 0.2) is 62.5 Å². The van der Waals surface area contributed by atoms with Crippen LogP contribution in [0.5, 0.6) is 0 Å². The fraction of sp³-hybridized carbons (Fsp3) is 0.118. The number of fused-ring (bicyclic) bond motifs is 1. The molecule has 0 aliphatic carbocycles. The third-order valence-corrected chi connectivity index (χ3v) is 6.37. The number of benzene rings is 2. The lowest BCUT2D eigenvalue weighted by atomic mass is 10.2. The fourth-order valence-electron chi connectivity index (χ4n) is 2.12. The monoisotopic (exact) mass is 389 g/mol. The molecule has 0 bridgehead atoms. The Morgan fingerprint density at radius 3 is 2.64 bits per heavy atom. The molecule has 0 amide bonds. The SMILES string of the molecule is Fc1ccc(CSc2nnc(CSc3nc4ccccc4s3)o2)cc1. The first kappa shape index (κ1) is 16.6. The van der Waals surface area contributed by atoms with E-state index < -0.39 is 0 Å². The van der Waals surface area contributed by atoms with Gasteiger partial charge in [-0.25, -0.2) is 9.37 Å². The summed E-state index contributed by atoms with van der Waals surface area (Å²) in [4.78, 5) is 4.57. The maximum atomic E-state index is 12.9. The molecule has 0 fully saturated rings. The highest BCUT2D eigenvalue weighted by atomic mass is 32.2. The standard InChI is InChI=1S/C17H12FN3OS3/c18-12-7-5-11(6-8-12)9-23-16-21-20-15(22-16)10-24-17-19-13-3-1-2-4-14(13)25-17/h1-8H,9-10H2. The van der Waals surface area contributed by atoms with Gasteiger partial charge in [0, 0.05) is 5.75 Å². The third-order valence-electron chi connectivity index (χ3n) is 3.32. The smallest absolute Gasteiger partial charge is 0.276 e. The maximum Gasteiger partial charge on any atom is 0.276 e. The molecule has 0 spiro atoms. The number of para-hydroxylation sites is 1. The average molecular weight is 390 g/mol. The number of hydrogen-bond acceptors (Lipinski definition) is 7. The van der Waals surface area contributed by atoms with Crippen LogP contribution in [0.2, 0.25) is 0 Å². The summed E-state index contributed by atoms with van der Waals surface area (Å²) < 4.78 is 20.7. The van der Waals surface area contributed by atoms with E-state index in [1.165, 1.54) is 28.6 Å². The van der Waals surface area contributed by atoms with Crippen molar-refractivity contribution in [2.24, 2.45) is 0 Å². The summed E-state index contributed by atoms with van der Waals surface area (Å²) >= 11 is 4.69. The number of hydrogen-bond donors (Lipinski definition) is 0. The minimum atomic E-state index is -0.235. The number of thioether (sulfide) groups is 2. The van der Waals surface area contributed by atoms with E-state index in [0.717, 1.165) is 15.4 Å².